The molecule has 1 fully saturated rings. The van der Waals surface area contributed by atoms with Gasteiger partial charge in [-0.15, -0.1) is 57.8 Å². The van der Waals surface area contributed by atoms with Crippen LogP contribution in [-0.2, 0) is 61.8 Å². The summed E-state index contributed by atoms with van der Waals surface area (Å²) in [7, 11) is 13.4. The van der Waals surface area contributed by atoms with Gasteiger partial charge in [0.2, 0.25) is 0 Å². The van der Waals surface area contributed by atoms with Crippen LogP contribution in [0.15, 0.2) is 111 Å². The minimum absolute atomic E-state index is 0.00780. The van der Waals surface area contributed by atoms with E-state index in [0.717, 1.165) is 4.90 Å². The van der Waals surface area contributed by atoms with Crippen molar-refractivity contribution in [3.05, 3.63) is 86.0 Å². The molecule has 31 heteroatoms. The van der Waals surface area contributed by atoms with E-state index in [1.54, 1.807) is 12.2 Å². The van der Waals surface area contributed by atoms with Crippen LogP contribution in [0.2, 0.25) is 19.6 Å². The lowest BCUT2D eigenvalue weighted by atomic mass is 10.0. The van der Waals surface area contributed by atoms with E-state index in [-0.39, 0.29) is 77.0 Å². The van der Waals surface area contributed by atoms with Gasteiger partial charge in [-0.1, -0.05) is 92.1 Å². The number of hydrogen-bond acceptors (Lipinski definition) is 18. The van der Waals surface area contributed by atoms with Crippen molar-refractivity contribution in [2.24, 2.45) is 27.4 Å². The lowest BCUT2D eigenvalue weighted by molar-refractivity contribution is -0.146. The summed E-state index contributed by atoms with van der Waals surface area (Å²) in [6.45, 7) is 22.3. The van der Waals surface area contributed by atoms with E-state index in [2.05, 4.69) is 139 Å². The van der Waals surface area contributed by atoms with Crippen LogP contribution in [0.25, 0.3) is 0 Å². The van der Waals surface area contributed by atoms with Crippen molar-refractivity contribution in [1.82, 2.24) is 5.32 Å². The monoisotopic (exact) mass is 1280 g/mol. The molecule has 436 valence electrons. The molecule has 0 spiro atoms. The van der Waals surface area contributed by atoms with E-state index < -0.39 is 31.3 Å². The number of rotatable bonds is 36. The standard InChI is InChI=1S/C22H32O6S.C15H23NO8.C9H14SSi.H3N5.H10P8/c1-3-12-25-13-14-26-15-16-27-17-18-28-21(23)11-10-19(4-2)22(24)29-20-8-6-5-7-9-20;1-2-5-20-6-7-21-8-9-22-10-11-23-13(17)4-3-12-14(18)24-15(19)16-12;1-11(2,3)10-9-7-5-4-6-8-9;1-3-5-4-2;1-6(2)8(5)7(3)4/h3,5-9,19H,1,4,10-18H2,2H3;2,12H,1,3-11H2,(H,16,19);4-8H,1-3H3;(H3,1,2,5);1-5H2/t19-;12-;;;/m00.../s1. The van der Waals surface area contributed by atoms with Crippen LogP contribution in [0.4, 0.5) is 4.79 Å². The molecule has 0 aromatic heterocycles. The maximum atomic E-state index is 12.4. The maximum Gasteiger partial charge on any atom is 0.415 e. The third-order valence-corrected chi connectivity index (χ3v) is 51.1. The van der Waals surface area contributed by atoms with Gasteiger partial charge in [-0.05, 0) is 74.9 Å². The highest BCUT2D eigenvalue weighted by Crippen LogP contribution is 3.00. The van der Waals surface area contributed by atoms with Gasteiger partial charge in [0.05, 0.1) is 79.3 Å². The Morgan fingerprint density at radius 3 is 1.51 bits per heavy atom. The quantitative estimate of drug-likeness (QED) is 0.00489. The van der Waals surface area contributed by atoms with Crippen molar-refractivity contribution in [2.45, 2.75) is 74.5 Å². The van der Waals surface area contributed by atoms with E-state index in [1.165, 1.54) is 16.7 Å². The van der Waals surface area contributed by atoms with Gasteiger partial charge in [0.25, 0.3) is 0 Å². The summed E-state index contributed by atoms with van der Waals surface area (Å²) in [5.74, 6) is 2.78. The molecule has 0 bridgehead atoms. The van der Waals surface area contributed by atoms with Crippen LogP contribution in [-0.4, -0.2) is 135 Å². The number of ether oxygens (including phenoxy) is 9. The summed E-state index contributed by atoms with van der Waals surface area (Å²) in [5.41, 5.74) is 5.89. The molecule has 0 radical (unpaired) electrons. The molecule has 0 saturated carbocycles. The minimum Gasteiger partial charge on any atom is -0.463 e. The number of hydrogen-bond donors (Lipinski definition) is 3. The lowest BCUT2D eigenvalue weighted by Crippen LogP contribution is -2.29. The smallest absolute Gasteiger partial charge is 0.415 e. The molecule has 1 heterocycles. The number of cyclic esters (lactones) is 2. The van der Waals surface area contributed by atoms with Crippen LogP contribution in [0, 0.1) is 11.4 Å². The summed E-state index contributed by atoms with van der Waals surface area (Å²) < 4.78 is 45.9. The summed E-state index contributed by atoms with van der Waals surface area (Å²) in [4.78, 5) is 60.0. The van der Waals surface area contributed by atoms with E-state index in [1.807, 2.05) is 48.5 Å². The Labute approximate surface area is 480 Å². The molecule has 5 unspecified atom stereocenters. The molecule has 3 rings (SSSR count). The largest absolute Gasteiger partial charge is 0.463 e. The van der Waals surface area contributed by atoms with E-state index in [4.69, 9.17) is 43.4 Å². The first kappa shape index (κ1) is 77.7. The van der Waals surface area contributed by atoms with E-state index in [9.17, 15) is 24.0 Å². The first-order valence-corrected chi connectivity index (χ1v) is 43.4. The normalized spacial score (nSPS) is 13.1. The molecule has 4 N–H and O–H groups in total. The zero-order chi connectivity index (χ0) is 58.0. The Bertz CT molecular complexity index is 1910. The number of nitrogens with one attached hydrogen (secondary N) is 2. The van der Waals surface area contributed by atoms with Gasteiger partial charge < -0.3 is 53.8 Å². The van der Waals surface area contributed by atoms with Crippen molar-refractivity contribution in [2.75, 3.05) is 92.5 Å². The molecule has 2 aromatic carbocycles. The van der Waals surface area contributed by atoms with Crippen molar-refractivity contribution in [3.8, 4) is 0 Å². The average molecular weight is 1280 g/mol. The molecule has 77 heavy (non-hydrogen) atoms. The van der Waals surface area contributed by atoms with Gasteiger partial charge in [-0.2, -0.15) is 16.7 Å². The molecule has 2 aromatic rings. The number of nitrogens with two attached hydrogens (primary N) is 1. The predicted molar refractivity (Wildman–Crippen MR) is 334 cm³/mol. The number of carbonyl (C=O) groups excluding carboxylic acids is 5. The third kappa shape index (κ3) is 51.2. The summed E-state index contributed by atoms with van der Waals surface area (Å²) in [5, 5.41) is 10.1. The topological polar surface area (TPSA) is 267 Å². The lowest BCUT2D eigenvalue weighted by Gasteiger charge is -2.18. The summed E-state index contributed by atoms with van der Waals surface area (Å²) >= 11 is 3.27. The second kappa shape index (κ2) is 53.9. The Kier molecular flexibility index (Phi) is 54.3. The highest BCUT2D eigenvalue weighted by atomic mass is 33.1. The second-order valence-electron chi connectivity index (χ2n) is 15.9. The maximum absolute atomic E-state index is 12.4. The Hall–Kier alpha value is -1.41. The number of amides is 1. The average Bonchev–Trinajstić information content (AvgIpc) is 3.73. The first-order chi connectivity index (χ1) is 36.8. The third-order valence-electron chi connectivity index (χ3n) is 8.57. The molecule has 1 aliphatic heterocycles. The molecule has 1 aliphatic rings. The fourth-order valence-electron chi connectivity index (χ4n) is 5.09. The molecular formula is C46H82N6O14P8S2Si. The number of benzene rings is 2. The molecular weight excluding hydrogens is 1200 g/mol. The summed E-state index contributed by atoms with van der Waals surface area (Å²) in [6.07, 6.45) is 4.15. The van der Waals surface area contributed by atoms with Gasteiger partial charge in [0.15, 0.2) is 5.12 Å². The Morgan fingerprint density at radius 1 is 0.727 bits per heavy atom. The van der Waals surface area contributed by atoms with Crippen LogP contribution in [0.5, 0.6) is 0 Å². The van der Waals surface area contributed by atoms with Crippen LogP contribution in [0.1, 0.15) is 39.0 Å². The van der Waals surface area contributed by atoms with Crippen LogP contribution >= 0.6 is 88.6 Å². The molecule has 0 aliphatic carbocycles. The van der Waals surface area contributed by atoms with Crippen LogP contribution in [0.3, 0.4) is 0 Å². The van der Waals surface area contributed by atoms with Gasteiger partial charge in [-0.3, -0.25) is 14.4 Å². The van der Waals surface area contributed by atoms with Crippen molar-refractivity contribution >= 4 is 125 Å². The molecule has 20 nitrogen and oxygen atoms in total. The Morgan fingerprint density at radius 2 is 1.16 bits per heavy atom. The molecule has 1 saturated heterocycles. The van der Waals surface area contributed by atoms with Crippen LogP contribution < -0.4 is 11.2 Å². The zero-order valence-electron chi connectivity index (χ0n) is 44.6. The second-order valence-corrected chi connectivity index (χ2v) is 54.2. The van der Waals surface area contributed by atoms with Gasteiger partial charge in [-0.25, -0.2) is 9.59 Å². The van der Waals surface area contributed by atoms with E-state index in [0.29, 0.717) is 85.5 Å². The number of thioether (sulfide) groups is 1. The van der Waals surface area contributed by atoms with Gasteiger partial charge in [0, 0.05) is 28.6 Å². The number of carbonyl (C=O) groups is 5. The van der Waals surface area contributed by atoms with Crippen molar-refractivity contribution in [3.63, 3.8) is 0 Å². The number of esters is 3. The molecule has 1 amide bonds. The van der Waals surface area contributed by atoms with E-state index >= 15 is 0 Å². The van der Waals surface area contributed by atoms with Crippen molar-refractivity contribution in [1.29, 1.82) is 5.53 Å². The fourth-order valence-corrected chi connectivity index (χ4v) is 38.5. The minimum atomic E-state index is -0.981. The highest BCUT2D eigenvalue weighted by molar-refractivity contribution is 9.06. The SMILES string of the molecule is C=CCOCCOCCOCCOC(=O)CC[C@@H]1NC(=O)OC1=O.C=CCOCCOCCOCCOC(=O)CC[C@H](CC)C(=O)Sc1ccccc1.C[Si](C)(C)Sc1ccccc1.N=N/N=N/N.PP(P)P(P)P(P)P. The highest BCUT2D eigenvalue weighted by Gasteiger charge is 2.32. The number of alkyl carbamates (subject to hydrolysis) is 1. The summed E-state index contributed by atoms with van der Waals surface area (Å²) in [6, 6.07) is 19.4. The fraction of sp³-hybridized carbons (Fsp3) is 0.543. The first-order valence-electron chi connectivity index (χ1n) is 24.0. The zero-order valence-corrected chi connectivity index (χ0v) is 55.7. The Balaban J connectivity index is 0. The number of nitrogens with zero attached hydrogens (tertiary/aromatic N) is 3. The van der Waals surface area contributed by atoms with Gasteiger partial charge in [0.1, 0.15) is 26.5 Å². The predicted octanol–water partition coefficient (Wildman–Crippen LogP) is 12.2. The van der Waals surface area contributed by atoms with Gasteiger partial charge >= 0.3 is 24.0 Å². The molecule has 7 atom stereocenters. The van der Waals surface area contributed by atoms with Crippen molar-refractivity contribution < 1.29 is 66.6 Å².